The Kier molecular flexibility index (Phi) is 4.15. The number of hydrogen-bond donors (Lipinski definition) is 0. The van der Waals surface area contributed by atoms with Gasteiger partial charge in [-0.15, -0.1) is 0 Å². The highest BCUT2D eigenvalue weighted by Gasteiger charge is 2.38. The minimum Gasteiger partial charge on any atom is -0.487 e. The predicted octanol–water partition coefficient (Wildman–Crippen LogP) is 4.89. The first-order valence-electron chi connectivity index (χ1n) is 8.72. The van der Waals surface area contributed by atoms with Crippen molar-refractivity contribution in [1.82, 2.24) is 0 Å². The lowest BCUT2D eigenvalue weighted by atomic mass is 9.87. The van der Waals surface area contributed by atoms with Crippen LogP contribution < -0.4 is 4.74 Å². The van der Waals surface area contributed by atoms with E-state index in [1.165, 1.54) is 31.2 Å². The van der Waals surface area contributed by atoms with Gasteiger partial charge in [0.15, 0.2) is 8.32 Å². The van der Waals surface area contributed by atoms with E-state index in [0.717, 1.165) is 18.8 Å². The van der Waals surface area contributed by atoms with E-state index in [4.69, 9.17) is 9.16 Å². The van der Waals surface area contributed by atoms with Gasteiger partial charge in [-0.3, -0.25) is 0 Å². The van der Waals surface area contributed by atoms with Crippen LogP contribution >= 0.6 is 0 Å². The van der Waals surface area contributed by atoms with Crippen LogP contribution in [0.4, 0.5) is 0 Å². The van der Waals surface area contributed by atoms with E-state index in [1.807, 2.05) is 0 Å². The molecule has 1 aromatic carbocycles. The summed E-state index contributed by atoms with van der Waals surface area (Å²) in [5.41, 5.74) is 4.61. The molecule has 3 heteroatoms. The van der Waals surface area contributed by atoms with Crippen LogP contribution in [0.2, 0.25) is 18.1 Å². The Morgan fingerprint density at radius 3 is 2.59 bits per heavy atom. The van der Waals surface area contributed by atoms with Crippen LogP contribution in [0.5, 0.6) is 5.75 Å². The summed E-state index contributed by atoms with van der Waals surface area (Å²) in [6.45, 7) is 12.2. The Bertz CT molecular complexity index is 557. The van der Waals surface area contributed by atoms with Gasteiger partial charge in [0.2, 0.25) is 0 Å². The lowest BCUT2D eigenvalue weighted by Crippen LogP contribution is -2.43. The highest BCUT2D eigenvalue weighted by Crippen LogP contribution is 2.39. The van der Waals surface area contributed by atoms with Crippen molar-refractivity contribution in [3.05, 3.63) is 28.8 Å². The molecule has 1 aliphatic heterocycles. The van der Waals surface area contributed by atoms with Crippen molar-refractivity contribution in [3.8, 4) is 5.75 Å². The van der Waals surface area contributed by atoms with Crippen molar-refractivity contribution < 1.29 is 9.16 Å². The lowest BCUT2D eigenvalue weighted by molar-refractivity contribution is 0.139. The van der Waals surface area contributed by atoms with Crippen molar-refractivity contribution in [2.24, 2.45) is 0 Å². The van der Waals surface area contributed by atoms with Gasteiger partial charge < -0.3 is 9.16 Å². The normalized spacial score (nSPS) is 21.2. The van der Waals surface area contributed by atoms with E-state index in [-0.39, 0.29) is 11.1 Å². The molecule has 0 aromatic heterocycles. The van der Waals surface area contributed by atoms with Gasteiger partial charge in [0.05, 0.1) is 6.61 Å². The minimum atomic E-state index is -1.68. The lowest BCUT2D eigenvalue weighted by Gasteiger charge is -2.36. The van der Waals surface area contributed by atoms with Gasteiger partial charge >= 0.3 is 0 Å². The van der Waals surface area contributed by atoms with E-state index in [1.54, 1.807) is 11.1 Å². The molecule has 1 aliphatic carbocycles. The molecular formula is C19H30O2Si. The summed E-state index contributed by atoms with van der Waals surface area (Å²) in [7, 11) is -1.68. The summed E-state index contributed by atoms with van der Waals surface area (Å²) in [5.74, 6) is 1.12. The number of benzene rings is 1. The smallest absolute Gasteiger partial charge is 0.192 e. The quantitative estimate of drug-likeness (QED) is 0.739. The molecule has 0 saturated heterocycles. The zero-order chi connectivity index (χ0) is 16.0. The molecular weight excluding hydrogens is 288 g/mol. The average Bonchev–Trinajstić information content (AvgIpc) is 2.87. The Labute approximate surface area is 136 Å². The van der Waals surface area contributed by atoms with Crippen molar-refractivity contribution in [2.75, 3.05) is 6.61 Å². The first-order valence-corrected chi connectivity index (χ1v) is 11.6. The van der Waals surface area contributed by atoms with Crippen molar-refractivity contribution in [3.63, 3.8) is 0 Å². The Hall–Kier alpha value is -0.803. The zero-order valence-electron chi connectivity index (χ0n) is 14.8. The van der Waals surface area contributed by atoms with Gasteiger partial charge in [-0.25, -0.2) is 0 Å². The van der Waals surface area contributed by atoms with Gasteiger partial charge in [-0.1, -0.05) is 26.8 Å². The monoisotopic (exact) mass is 318 g/mol. The molecule has 0 spiro atoms. The molecule has 1 aromatic rings. The first-order chi connectivity index (χ1) is 10.3. The van der Waals surface area contributed by atoms with Gasteiger partial charge in [-0.2, -0.15) is 0 Å². The van der Waals surface area contributed by atoms with E-state index in [2.05, 4.69) is 46.0 Å². The molecule has 0 N–H and O–H groups in total. The SMILES string of the molecule is CC(C)(C)[Si](C)(C)OCC1Cc2c(ccc3c2CCCC3)O1. The van der Waals surface area contributed by atoms with Crippen LogP contribution in [0.25, 0.3) is 0 Å². The van der Waals surface area contributed by atoms with Crippen LogP contribution in [-0.2, 0) is 23.7 Å². The third-order valence-electron chi connectivity index (χ3n) is 5.77. The van der Waals surface area contributed by atoms with Crippen LogP contribution in [0, 0.1) is 0 Å². The standard InChI is InChI=1S/C19H30O2Si/c1-19(2,3)22(4,5)20-13-15-12-17-16-9-7-6-8-14(16)10-11-18(17)21-15/h10-11,15H,6-9,12-13H2,1-5H3. The average molecular weight is 319 g/mol. The number of rotatable bonds is 3. The Morgan fingerprint density at radius 2 is 1.86 bits per heavy atom. The summed E-state index contributed by atoms with van der Waals surface area (Å²) in [5, 5.41) is 0.262. The third-order valence-corrected chi connectivity index (χ3v) is 10.3. The molecule has 3 rings (SSSR count). The minimum absolute atomic E-state index is 0.206. The van der Waals surface area contributed by atoms with E-state index >= 15 is 0 Å². The van der Waals surface area contributed by atoms with Gasteiger partial charge in [-0.05, 0) is 61.0 Å². The zero-order valence-corrected chi connectivity index (χ0v) is 15.8. The molecule has 1 heterocycles. The molecule has 1 unspecified atom stereocenters. The fraction of sp³-hybridized carbons (Fsp3) is 0.684. The van der Waals surface area contributed by atoms with Crippen molar-refractivity contribution >= 4 is 8.32 Å². The summed E-state index contributed by atoms with van der Waals surface area (Å²) in [6, 6.07) is 4.47. The van der Waals surface area contributed by atoms with E-state index < -0.39 is 8.32 Å². The number of aryl methyl sites for hydroxylation is 1. The van der Waals surface area contributed by atoms with Gasteiger partial charge in [0, 0.05) is 12.0 Å². The first kappa shape index (κ1) is 16.1. The molecule has 122 valence electrons. The maximum Gasteiger partial charge on any atom is 0.192 e. The third kappa shape index (κ3) is 2.98. The highest BCUT2D eigenvalue weighted by atomic mass is 28.4. The fourth-order valence-electron chi connectivity index (χ4n) is 3.28. The summed E-state index contributed by atoms with van der Waals surface area (Å²) in [4.78, 5) is 0. The van der Waals surface area contributed by atoms with Crippen LogP contribution in [-0.4, -0.2) is 21.0 Å². The molecule has 0 fully saturated rings. The Morgan fingerprint density at radius 1 is 1.14 bits per heavy atom. The molecule has 1 atom stereocenters. The van der Waals surface area contributed by atoms with Crippen LogP contribution in [0.15, 0.2) is 12.1 Å². The predicted molar refractivity (Wildman–Crippen MR) is 94.4 cm³/mol. The van der Waals surface area contributed by atoms with Crippen LogP contribution in [0.1, 0.15) is 50.3 Å². The second-order valence-corrected chi connectivity index (χ2v) is 13.2. The highest BCUT2D eigenvalue weighted by molar-refractivity contribution is 6.74. The topological polar surface area (TPSA) is 18.5 Å². The largest absolute Gasteiger partial charge is 0.487 e. The second-order valence-electron chi connectivity index (χ2n) is 8.40. The van der Waals surface area contributed by atoms with E-state index in [0.29, 0.717) is 0 Å². The molecule has 2 aliphatic rings. The summed E-state index contributed by atoms with van der Waals surface area (Å²) in [6.07, 6.45) is 6.38. The Balaban J connectivity index is 1.68. The fourth-order valence-corrected chi connectivity index (χ4v) is 4.31. The molecule has 0 saturated carbocycles. The summed E-state index contributed by atoms with van der Waals surface area (Å²) < 4.78 is 12.5. The van der Waals surface area contributed by atoms with Crippen molar-refractivity contribution in [2.45, 2.75) is 77.1 Å². The molecule has 2 nitrogen and oxygen atoms in total. The molecule has 0 bridgehead atoms. The van der Waals surface area contributed by atoms with Crippen molar-refractivity contribution in [1.29, 1.82) is 0 Å². The molecule has 22 heavy (non-hydrogen) atoms. The summed E-state index contributed by atoms with van der Waals surface area (Å²) >= 11 is 0. The second kappa shape index (κ2) is 5.68. The maximum atomic E-state index is 6.37. The number of ether oxygens (including phenoxy) is 1. The molecule has 0 radical (unpaired) electrons. The number of fused-ring (bicyclic) bond motifs is 3. The molecule has 0 amide bonds. The van der Waals surface area contributed by atoms with E-state index in [9.17, 15) is 0 Å². The maximum absolute atomic E-state index is 6.37. The number of hydrogen-bond acceptors (Lipinski definition) is 2. The van der Waals surface area contributed by atoms with Gasteiger partial charge in [0.1, 0.15) is 11.9 Å². The van der Waals surface area contributed by atoms with Crippen LogP contribution in [0.3, 0.4) is 0 Å². The van der Waals surface area contributed by atoms with Gasteiger partial charge in [0.25, 0.3) is 0 Å².